The van der Waals surface area contributed by atoms with Gasteiger partial charge in [0.05, 0.1) is 17.3 Å². The highest BCUT2D eigenvalue weighted by Gasteiger charge is 2.36. The molecule has 4 aromatic rings. The molecule has 1 fully saturated rings. The van der Waals surface area contributed by atoms with Crippen LogP contribution in [0.25, 0.3) is 22.1 Å². The molecular weight excluding hydrogens is 573 g/mol. The molecule has 0 aromatic carbocycles. The van der Waals surface area contributed by atoms with Crippen LogP contribution >= 0.6 is 15.9 Å². The molecule has 0 aliphatic carbocycles. The van der Waals surface area contributed by atoms with Crippen molar-refractivity contribution in [2.75, 3.05) is 19.8 Å². The summed E-state index contributed by atoms with van der Waals surface area (Å²) in [6.45, 7) is 8.53. The summed E-state index contributed by atoms with van der Waals surface area (Å²) in [7, 11) is -1.31. The molecule has 38 heavy (non-hydrogen) atoms. The van der Waals surface area contributed by atoms with Crippen LogP contribution in [0, 0.1) is 11.7 Å². The Balaban J connectivity index is 1.75. The van der Waals surface area contributed by atoms with Crippen molar-refractivity contribution in [1.82, 2.24) is 24.3 Å². The average molecular weight is 605 g/mol. The lowest BCUT2D eigenvalue weighted by Crippen LogP contribution is -2.28. The van der Waals surface area contributed by atoms with Gasteiger partial charge >= 0.3 is 5.97 Å². The summed E-state index contributed by atoms with van der Waals surface area (Å²) < 4.78 is 31.1. The van der Waals surface area contributed by atoms with E-state index in [1.807, 2.05) is 10.6 Å². The zero-order valence-corrected chi connectivity index (χ0v) is 24.2. The quantitative estimate of drug-likeness (QED) is 0.193. The van der Waals surface area contributed by atoms with Gasteiger partial charge < -0.3 is 19.1 Å². The molecule has 1 N–H and O–H groups in total. The number of carbonyl (C=O) groups is 1. The smallest absolute Gasteiger partial charge is 0.358 e. The number of hydrogen-bond donors (Lipinski definition) is 1. The Hall–Kier alpha value is -2.67. The maximum absolute atomic E-state index is 15.3. The Labute approximate surface area is 229 Å². The Morgan fingerprint density at radius 3 is 2.74 bits per heavy atom. The first kappa shape index (κ1) is 26.9. The number of rotatable bonds is 9. The Bertz CT molecular complexity index is 1480. The van der Waals surface area contributed by atoms with Gasteiger partial charge in [-0.2, -0.15) is 5.10 Å². The standard InChI is InChI=1S/C26H31BrFN5O4Si/c1-38(2,3)12-11-37-15-32-24-21-19(13-17(27)14-30-21)33(25(24)22(31-32)26(34)35)23(16-6-9-36-10-7-16)20-18(28)5-4-8-29-20/h4-5,8,13-14,16,23H,6-7,9-12,15H2,1-3H3,(H,34,35)/t23-/m0/s1. The van der Waals surface area contributed by atoms with Crippen molar-refractivity contribution in [3.05, 3.63) is 52.3 Å². The summed E-state index contributed by atoms with van der Waals surface area (Å²) in [5.41, 5.74) is 2.31. The normalized spacial score (nSPS) is 15.9. The van der Waals surface area contributed by atoms with E-state index in [9.17, 15) is 9.90 Å². The van der Waals surface area contributed by atoms with E-state index in [1.165, 1.54) is 6.07 Å². The van der Waals surface area contributed by atoms with E-state index in [2.05, 4.69) is 50.6 Å². The highest BCUT2D eigenvalue weighted by Crippen LogP contribution is 2.41. The molecule has 0 spiro atoms. The Kier molecular flexibility index (Phi) is 7.67. The number of fused-ring (bicyclic) bond motifs is 3. The van der Waals surface area contributed by atoms with Crippen LogP contribution in [0.15, 0.2) is 35.1 Å². The lowest BCUT2D eigenvalue weighted by atomic mass is 9.88. The average Bonchev–Trinajstić information content (AvgIpc) is 3.39. The van der Waals surface area contributed by atoms with Crippen molar-refractivity contribution in [3.63, 3.8) is 0 Å². The van der Waals surface area contributed by atoms with Gasteiger partial charge in [-0.25, -0.2) is 13.9 Å². The van der Waals surface area contributed by atoms with Crippen molar-refractivity contribution in [1.29, 1.82) is 0 Å². The van der Waals surface area contributed by atoms with Crippen LogP contribution in [0.5, 0.6) is 0 Å². The van der Waals surface area contributed by atoms with Crippen LogP contribution in [0.3, 0.4) is 0 Å². The highest BCUT2D eigenvalue weighted by atomic mass is 79.9. The number of ether oxygens (including phenoxy) is 2. The molecule has 1 saturated heterocycles. The molecule has 0 radical (unpaired) electrons. The van der Waals surface area contributed by atoms with Crippen molar-refractivity contribution >= 4 is 52.0 Å². The number of aromatic nitrogens is 5. The molecule has 0 amide bonds. The first-order valence-electron chi connectivity index (χ1n) is 12.7. The van der Waals surface area contributed by atoms with E-state index in [4.69, 9.17) is 9.47 Å². The molecule has 5 rings (SSSR count). The molecule has 0 bridgehead atoms. The third-order valence-electron chi connectivity index (χ3n) is 6.96. The second-order valence-electron chi connectivity index (χ2n) is 10.9. The van der Waals surface area contributed by atoms with Gasteiger partial charge in [-0.1, -0.05) is 19.6 Å². The number of carboxylic acids is 1. The fourth-order valence-electron chi connectivity index (χ4n) is 5.09. The SMILES string of the molecule is C[Si](C)(C)CCOCn1nc(C(=O)O)c2c1c1ncc(Br)cc1n2[C@H](c1ncccc1F)C1CCOCC1. The second kappa shape index (κ2) is 10.8. The molecule has 1 atom stereocenters. The topological polar surface area (TPSA) is 104 Å². The number of halogens is 2. The minimum atomic E-state index is -1.31. The monoisotopic (exact) mass is 603 g/mol. The molecule has 0 unspecified atom stereocenters. The third-order valence-corrected chi connectivity index (χ3v) is 9.09. The second-order valence-corrected chi connectivity index (χ2v) is 17.4. The molecule has 1 aliphatic heterocycles. The summed E-state index contributed by atoms with van der Waals surface area (Å²) in [6, 6.07) is 5.22. The van der Waals surface area contributed by atoms with E-state index < -0.39 is 25.9 Å². The number of nitrogens with zero attached hydrogens (tertiary/aromatic N) is 5. The van der Waals surface area contributed by atoms with Gasteiger partial charge in [0.2, 0.25) is 0 Å². The van der Waals surface area contributed by atoms with E-state index in [-0.39, 0.29) is 24.0 Å². The Morgan fingerprint density at radius 2 is 2.05 bits per heavy atom. The van der Waals surface area contributed by atoms with Crippen LogP contribution in [-0.4, -0.2) is 63.3 Å². The van der Waals surface area contributed by atoms with Crippen LogP contribution in [0.4, 0.5) is 4.39 Å². The molecule has 202 valence electrons. The molecule has 12 heteroatoms. The number of pyridine rings is 2. The Morgan fingerprint density at radius 1 is 1.29 bits per heavy atom. The zero-order valence-electron chi connectivity index (χ0n) is 21.7. The van der Waals surface area contributed by atoms with Crippen LogP contribution in [0.2, 0.25) is 25.7 Å². The van der Waals surface area contributed by atoms with Crippen LogP contribution < -0.4 is 0 Å². The lowest BCUT2D eigenvalue weighted by Gasteiger charge is -2.32. The molecule has 5 heterocycles. The lowest BCUT2D eigenvalue weighted by molar-refractivity contribution is 0.0541. The van der Waals surface area contributed by atoms with Gasteiger partial charge in [0.15, 0.2) is 5.69 Å². The van der Waals surface area contributed by atoms with Gasteiger partial charge in [0.1, 0.15) is 29.1 Å². The minimum absolute atomic E-state index is 0.0380. The zero-order chi connectivity index (χ0) is 27.0. The van der Waals surface area contributed by atoms with E-state index in [1.54, 1.807) is 23.1 Å². The highest BCUT2D eigenvalue weighted by molar-refractivity contribution is 9.10. The predicted molar refractivity (Wildman–Crippen MR) is 148 cm³/mol. The summed E-state index contributed by atoms with van der Waals surface area (Å²) in [4.78, 5) is 21.6. The predicted octanol–water partition coefficient (Wildman–Crippen LogP) is 5.71. The molecule has 0 saturated carbocycles. The van der Waals surface area contributed by atoms with E-state index >= 15 is 4.39 Å². The van der Waals surface area contributed by atoms with Gasteiger partial charge in [0, 0.05) is 44.8 Å². The number of hydrogen-bond acceptors (Lipinski definition) is 6. The van der Waals surface area contributed by atoms with Crippen LogP contribution in [-0.2, 0) is 16.2 Å². The van der Waals surface area contributed by atoms with Gasteiger partial charge in [-0.05, 0) is 58.9 Å². The fraction of sp³-hybridized carbons (Fsp3) is 0.462. The number of aromatic carboxylic acids is 1. The maximum Gasteiger partial charge on any atom is 0.358 e. The molecule has 9 nitrogen and oxygen atoms in total. The third kappa shape index (κ3) is 5.27. The van der Waals surface area contributed by atoms with Crippen molar-refractivity contribution in [2.24, 2.45) is 5.92 Å². The first-order valence-corrected chi connectivity index (χ1v) is 17.2. The molecule has 1 aliphatic rings. The number of carboxylic acid groups (broad SMARTS) is 1. The van der Waals surface area contributed by atoms with Gasteiger partial charge in [-0.15, -0.1) is 0 Å². The van der Waals surface area contributed by atoms with Crippen molar-refractivity contribution < 1.29 is 23.8 Å². The molecule has 4 aromatic heterocycles. The first-order chi connectivity index (χ1) is 18.2. The fourth-order valence-corrected chi connectivity index (χ4v) is 6.17. The van der Waals surface area contributed by atoms with Gasteiger partial charge in [-0.3, -0.25) is 9.97 Å². The molecular formula is C26H31BrFN5O4Si. The van der Waals surface area contributed by atoms with E-state index in [0.717, 1.165) is 10.5 Å². The summed E-state index contributed by atoms with van der Waals surface area (Å²) in [5.74, 6) is -1.66. The van der Waals surface area contributed by atoms with Crippen LogP contribution in [0.1, 0.15) is 35.1 Å². The summed E-state index contributed by atoms with van der Waals surface area (Å²) >= 11 is 3.52. The summed E-state index contributed by atoms with van der Waals surface area (Å²) in [5, 5.41) is 14.7. The summed E-state index contributed by atoms with van der Waals surface area (Å²) in [6.07, 6.45) is 4.59. The maximum atomic E-state index is 15.3. The van der Waals surface area contributed by atoms with Crippen molar-refractivity contribution in [2.45, 2.75) is 51.3 Å². The van der Waals surface area contributed by atoms with Crippen molar-refractivity contribution in [3.8, 4) is 0 Å². The minimum Gasteiger partial charge on any atom is -0.476 e. The largest absolute Gasteiger partial charge is 0.476 e. The van der Waals surface area contributed by atoms with E-state index in [0.29, 0.717) is 54.7 Å². The van der Waals surface area contributed by atoms with Gasteiger partial charge in [0.25, 0.3) is 0 Å².